The van der Waals surface area contributed by atoms with Gasteiger partial charge in [-0.25, -0.2) is 0 Å². The van der Waals surface area contributed by atoms with Gasteiger partial charge in [0.1, 0.15) is 0 Å². The van der Waals surface area contributed by atoms with Crippen molar-refractivity contribution in [1.29, 1.82) is 0 Å². The number of para-hydroxylation sites is 1. The van der Waals surface area contributed by atoms with Crippen molar-refractivity contribution in [3.05, 3.63) is 34.4 Å². The number of halogens is 1. The van der Waals surface area contributed by atoms with Gasteiger partial charge in [-0.3, -0.25) is 0 Å². The zero-order valence-corrected chi connectivity index (χ0v) is 9.97. The highest BCUT2D eigenvalue weighted by molar-refractivity contribution is 9.10. The summed E-state index contributed by atoms with van der Waals surface area (Å²) in [6.45, 7) is 0.950. The lowest BCUT2D eigenvalue weighted by molar-refractivity contribution is 0.678. The third-order valence-corrected chi connectivity index (χ3v) is 3.48. The van der Waals surface area contributed by atoms with E-state index in [1.54, 1.807) is 0 Å². The summed E-state index contributed by atoms with van der Waals surface area (Å²) in [6.07, 6.45) is 2.67. The number of aromatic nitrogens is 1. The molecule has 0 atom stereocenters. The monoisotopic (exact) mass is 264 g/mol. The molecule has 0 aliphatic heterocycles. The Labute approximate surface area is 97.2 Å². The van der Waals surface area contributed by atoms with Crippen molar-refractivity contribution in [2.75, 3.05) is 0 Å². The Balaban J connectivity index is 1.88. The molecule has 0 saturated heterocycles. The van der Waals surface area contributed by atoms with E-state index >= 15 is 0 Å². The van der Waals surface area contributed by atoms with Gasteiger partial charge in [0.2, 0.25) is 0 Å². The Morgan fingerprint density at radius 1 is 1.40 bits per heavy atom. The molecule has 15 heavy (non-hydrogen) atoms. The third-order valence-electron chi connectivity index (χ3n) is 2.82. The summed E-state index contributed by atoms with van der Waals surface area (Å²) < 4.78 is 1.14. The van der Waals surface area contributed by atoms with Crippen LogP contribution in [0.1, 0.15) is 18.5 Å². The highest BCUT2D eigenvalue weighted by Gasteiger charge is 2.20. The first-order valence-electron chi connectivity index (χ1n) is 5.32. The van der Waals surface area contributed by atoms with Crippen molar-refractivity contribution in [2.45, 2.75) is 25.4 Å². The smallest absolute Gasteiger partial charge is 0.0600 e. The van der Waals surface area contributed by atoms with E-state index in [4.69, 9.17) is 0 Å². The number of aromatic amines is 1. The largest absolute Gasteiger partial charge is 0.356 e. The van der Waals surface area contributed by atoms with E-state index in [0.717, 1.165) is 17.1 Å². The van der Waals surface area contributed by atoms with Crippen LogP contribution in [-0.2, 0) is 6.54 Å². The molecule has 0 amide bonds. The van der Waals surface area contributed by atoms with E-state index in [-0.39, 0.29) is 0 Å². The second-order valence-electron chi connectivity index (χ2n) is 4.15. The molecular formula is C12H13BrN2. The van der Waals surface area contributed by atoms with Gasteiger partial charge < -0.3 is 10.3 Å². The maximum absolute atomic E-state index is 3.55. The zero-order valence-electron chi connectivity index (χ0n) is 8.39. The van der Waals surface area contributed by atoms with Gasteiger partial charge in [-0.05, 0) is 40.9 Å². The minimum atomic E-state index is 0.764. The molecule has 1 heterocycles. The van der Waals surface area contributed by atoms with Crippen LogP contribution in [0.4, 0.5) is 0 Å². The molecule has 0 unspecified atom stereocenters. The minimum absolute atomic E-state index is 0.764. The van der Waals surface area contributed by atoms with Crippen molar-refractivity contribution in [3.63, 3.8) is 0 Å². The fourth-order valence-electron chi connectivity index (χ4n) is 1.81. The first-order chi connectivity index (χ1) is 7.33. The normalized spacial score (nSPS) is 16.1. The summed E-state index contributed by atoms with van der Waals surface area (Å²) in [6, 6.07) is 9.25. The summed E-state index contributed by atoms with van der Waals surface area (Å²) in [4.78, 5) is 3.44. The molecule has 0 radical (unpaired) electrons. The third kappa shape index (κ3) is 1.94. The molecule has 2 nitrogen and oxygen atoms in total. The maximum atomic E-state index is 3.55. The summed E-state index contributed by atoms with van der Waals surface area (Å²) in [5.41, 5.74) is 2.47. The number of H-pyrrole nitrogens is 1. The molecule has 0 bridgehead atoms. The van der Waals surface area contributed by atoms with Gasteiger partial charge in [0, 0.05) is 28.1 Å². The van der Waals surface area contributed by atoms with E-state index in [1.165, 1.54) is 29.4 Å². The molecule has 0 spiro atoms. The van der Waals surface area contributed by atoms with Gasteiger partial charge >= 0.3 is 0 Å². The Hall–Kier alpha value is -0.800. The molecule has 1 aromatic heterocycles. The quantitative estimate of drug-likeness (QED) is 0.876. The predicted octanol–water partition coefficient (Wildman–Crippen LogP) is 3.18. The first kappa shape index (κ1) is 9.43. The summed E-state index contributed by atoms with van der Waals surface area (Å²) >= 11 is 3.55. The van der Waals surface area contributed by atoms with E-state index in [0.29, 0.717) is 0 Å². The van der Waals surface area contributed by atoms with Crippen LogP contribution in [0, 0.1) is 0 Å². The lowest BCUT2D eigenvalue weighted by Gasteiger charge is -1.98. The average molecular weight is 265 g/mol. The van der Waals surface area contributed by atoms with Crippen LogP contribution in [0.5, 0.6) is 0 Å². The molecule has 1 saturated carbocycles. The Morgan fingerprint density at radius 2 is 2.27 bits per heavy atom. The van der Waals surface area contributed by atoms with Crippen molar-refractivity contribution in [3.8, 4) is 0 Å². The summed E-state index contributed by atoms with van der Waals surface area (Å²) in [5, 5.41) is 4.78. The molecule has 1 aliphatic carbocycles. The first-order valence-corrected chi connectivity index (χ1v) is 6.12. The minimum Gasteiger partial charge on any atom is -0.356 e. The Kier molecular flexibility index (Phi) is 2.29. The van der Waals surface area contributed by atoms with Gasteiger partial charge in [-0.15, -0.1) is 0 Å². The highest BCUT2D eigenvalue weighted by atomic mass is 79.9. The number of nitrogens with one attached hydrogen (secondary N) is 2. The van der Waals surface area contributed by atoms with Crippen molar-refractivity contribution in [2.24, 2.45) is 0 Å². The van der Waals surface area contributed by atoms with Crippen LogP contribution in [0.25, 0.3) is 10.9 Å². The topological polar surface area (TPSA) is 27.8 Å². The lowest BCUT2D eigenvalue weighted by atomic mass is 10.2. The van der Waals surface area contributed by atoms with E-state index in [2.05, 4.69) is 50.5 Å². The highest BCUT2D eigenvalue weighted by Crippen LogP contribution is 2.24. The molecule has 1 fully saturated rings. The average Bonchev–Trinajstić information content (AvgIpc) is 2.95. The van der Waals surface area contributed by atoms with E-state index in [9.17, 15) is 0 Å². The summed E-state index contributed by atoms with van der Waals surface area (Å²) in [5.74, 6) is 0. The molecule has 1 aromatic carbocycles. The van der Waals surface area contributed by atoms with Gasteiger partial charge in [0.05, 0.1) is 5.52 Å². The van der Waals surface area contributed by atoms with Crippen molar-refractivity contribution < 1.29 is 0 Å². The number of hydrogen-bond donors (Lipinski definition) is 2. The second kappa shape index (κ2) is 3.65. The Morgan fingerprint density at radius 3 is 3.00 bits per heavy atom. The maximum Gasteiger partial charge on any atom is 0.0600 e. The summed E-state index contributed by atoms with van der Waals surface area (Å²) in [7, 11) is 0. The molecule has 1 aliphatic rings. The lowest BCUT2D eigenvalue weighted by Crippen LogP contribution is -2.15. The van der Waals surface area contributed by atoms with E-state index in [1.807, 2.05) is 0 Å². The van der Waals surface area contributed by atoms with Crippen LogP contribution in [0.3, 0.4) is 0 Å². The number of hydrogen-bond acceptors (Lipinski definition) is 1. The van der Waals surface area contributed by atoms with Gasteiger partial charge in [-0.2, -0.15) is 0 Å². The Bertz CT molecular complexity index is 485. The zero-order chi connectivity index (χ0) is 10.3. The molecule has 2 N–H and O–H groups in total. The molecule has 3 heteroatoms. The number of benzene rings is 1. The molecule has 3 rings (SSSR count). The molecule has 2 aromatic rings. The fourth-order valence-corrected chi connectivity index (χ4v) is 2.29. The van der Waals surface area contributed by atoms with Gasteiger partial charge in [0.25, 0.3) is 0 Å². The second-order valence-corrected chi connectivity index (χ2v) is 5.01. The van der Waals surface area contributed by atoms with Crippen molar-refractivity contribution in [1.82, 2.24) is 10.3 Å². The molecule has 78 valence electrons. The van der Waals surface area contributed by atoms with Crippen LogP contribution >= 0.6 is 15.9 Å². The van der Waals surface area contributed by atoms with Crippen molar-refractivity contribution >= 4 is 26.8 Å². The SMILES string of the molecule is Brc1cccc2cc(CNC3CC3)[nH]c12. The van der Waals surface area contributed by atoms with Crippen LogP contribution in [-0.4, -0.2) is 11.0 Å². The molecular weight excluding hydrogens is 252 g/mol. The van der Waals surface area contributed by atoms with Crippen LogP contribution in [0.2, 0.25) is 0 Å². The van der Waals surface area contributed by atoms with Gasteiger partial charge in [-0.1, -0.05) is 12.1 Å². The standard InChI is InChI=1S/C12H13BrN2/c13-11-3-1-2-8-6-10(15-12(8)11)7-14-9-4-5-9/h1-3,6,9,14-15H,4-5,7H2. The number of fused-ring (bicyclic) bond motifs is 1. The predicted molar refractivity (Wildman–Crippen MR) is 65.9 cm³/mol. The van der Waals surface area contributed by atoms with E-state index < -0.39 is 0 Å². The number of rotatable bonds is 3. The fraction of sp³-hybridized carbons (Fsp3) is 0.333. The van der Waals surface area contributed by atoms with Crippen LogP contribution in [0.15, 0.2) is 28.7 Å². The van der Waals surface area contributed by atoms with Crippen LogP contribution < -0.4 is 5.32 Å². The van der Waals surface area contributed by atoms with Gasteiger partial charge in [0.15, 0.2) is 0 Å².